The van der Waals surface area contributed by atoms with Crippen LogP contribution in [0, 0.1) is 11.8 Å². The molecule has 4 aromatic rings. The minimum atomic E-state index is 0.420. The first-order valence-electron chi connectivity index (χ1n) is 9.70. The molecule has 1 atom stereocenters. The number of ether oxygens (including phenoxy) is 1. The molecular formula is C23H20N4OS. The summed E-state index contributed by atoms with van der Waals surface area (Å²) in [7, 11) is 0. The quantitative estimate of drug-likeness (QED) is 0.526. The van der Waals surface area contributed by atoms with Crippen molar-refractivity contribution in [3.05, 3.63) is 70.8 Å². The van der Waals surface area contributed by atoms with Gasteiger partial charge in [0, 0.05) is 28.4 Å². The molecule has 0 bridgehead atoms. The number of aromatic nitrogens is 3. The fraction of sp³-hybridized carbons (Fsp3) is 0.217. The molecule has 1 aliphatic heterocycles. The molecule has 1 fully saturated rings. The lowest BCUT2D eigenvalue weighted by Gasteiger charge is -2.12. The Morgan fingerprint density at radius 1 is 1.21 bits per heavy atom. The number of para-hydroxylation sites is 1. The van der Waals surface area contributed by atoms with Crippen molar-refractivity contribution in [3.8, 4) is 23.3 Å². The fourth-order valence-corrected chi connectivity index (χ4v) is 4.11. The molecule has 1 aromatic carbocycles. The highest BCUT2D eigenvalue weighted by molar-refractivity contribution is 7.08. The molecule has 0 spiro atoms. The monoisotopic (exact) mass is 400 g/mol. The predicted molar refractivity (Wildman–Crippen MR) is 116 cm³/mol. The number of rotatable bonds is 4. The Hall–Kier alpha value is -3.14. The van der Waals surface area contributed by atoms with Crippen molar-refractivity contribution in [2.75, 3.05) is 13.2 Å². The summed E-state index contributed by atoms with van der Waals surface area (Å²) in [5.41, 5.74) is 3.62. The van der Waals surface area contributed by atoms with Crippen molar-refractivity contribution in [2.45, 2.75) is 18.9 Å². The number of nitrogens with one attached hydrogen (secondary N) is 1. The Bertz CT molecular complexity index is 1180. The van der Waals surface area contributed by atoms with Gasteiger partial charge in [0.05, 0.1) is 23.6 Å². The second-order valence-electron chi connectivity index (χ2n) is 7.02. The standard InChI is InChI=1S/C23H20N4OS/c1-2-6-23-21(5-1)22(8-7-17-9-11-29-16-17)26-27(23)19-12-20(14-24-13-19)28-15-18-4-3-10-25-18/h1-2,5-6,9,11-14,16,18,25H,3-4,10,15H2. The van der Waals surface area contributed by atoms with E-state index in [9.17, 15) is 0 Å². The van der Waals surface area contributed by atoms with E-state index in [1.807, 2.05) is 45.8 Å². The van der Waals surface area contributed by atoms with Gasteiger partial charge in [-0.15, -0.1) is 0 Å². The third kappa shape index (κ3) is 3.88. The number of hydrogen-bond acceptors (Lipinski definition) is 5. The van der Waals surface area contributed by atoms with Crippen LogP contribution in [0.3, 0.4) is 0 Å². The van der Waals surface area contributed by atoms with Crippen LogP contribution < -0.4 is 10.1 Å². The second-order valence-corrected chi connectivity index (χ2v) is 7.80. The van der Waals surface area contributed by atoms with Gasteiger partial charge in [-0.3, -0.25) is 4.98 Å². The van der Waals surface area contributed by atoms with Crippen molar-refractivity contribution >= 4 is 22.2 Å². The zero-order valence-corrected chi connectivity index (χ0v) is 16.7. The van der Waals surface area contributed by atoms with Crippen molar-refractivity contribution in [3.63, 3.8) is 0 Å². The van der Waals surface area contributed by atoms with Crippen LogP contribution >= 0.6 is 11.3 Å². The van der Waals surface area contributed by atoms with E-state index in [1.54, 1.807) is 23.7 Å². The van der Waals surface area contributed by atoms with Gasteiger partial charge in [-0.05, 0) is 48.9 Å². The minimum Gasteiger partial charge on any atom is -0.490 e. The average molecular weight is 401 g/mol. The van der Waals surface area contributed by atoms with Crippen LogP contribution in [-0.4, -0.2) is 34.0 Å². The van der Waals surface area contributed by atoms with Gasteiger partial charge in [0.1, 0.15) is 18.1 Å². The maximum Gasteiger partial charge on any atom is 0.143 e. The largest absolute Gasteiger partial charge is 0.490 e. The topological polar surface area (TPSA) is 52.0 Å². The summed E-state index contributed by atoms with van der Waals surface area (Å²) in [4.78, 5) is 4.37. The van der Waals surface area contributed by atoms with Gasteiger partial charge >= 0.3 is 0 Å². The van der Waals surface area contributed by atoms with E-state index in [4.69, 9.17) is 9.84 Å². The lowest BCUT2D eigenvalue weighted by atomic mass is 10.2. The SMILES string of the molecule is C(#Cc1nn(-c2cncc(OCC3CCCN3)c2)c2ccccc12)c1ccsc1. The Morgan fingerprint density at radius 3 is 3.03 bits per heavy atom. The van der Waals surface area contributed by atoms with Crippen LogP contribution in [0.4, 0.5) is 0 Å². The number of nitrogens with zero attached hydrogens (tertiary/aromatic N) is 3. The number of hydrogen-bond donors (Lipinski definition) is 1. The molecule has 3 aromatic heterocycles. The van der Waals surface area contributed by atoms with Crippen LogP contribution in [0.2, 0.25) is 0 Å². The van der Waals surface area contributed by atoms with Gasteiger partial charge in [0.2, 0.25) is 0 Å². The Balaban J connectivity index is 1.47. The predicted octanol–water partition coefficient (Wildman–Crippen LogP) is 4.01. The molecule has 1 aliphatic rings. The minimum absolute atomic E-state index is 0.420. The van der Waals surface area contributed by atoms with Gasteiger partial charge in [0.15, 0.2) is 0 Å². The lowest BCUT2D eigenvalue weighted by molar-refractivity contribution is 0.276. The van der Waals surface area contributed by atoms with E-state index in [1.165, 1.54) is 6.42 Å². The maximum absolute atomic E-state index is 5.97. The van der Waals surface area contributed by atoms with Gasteiger partial charge in [-0.2, -0.15) is 16.4 Å². The molecule has 5 nitrogen and oxygen atoms in total. The highest BCUT2D eigenvalue weighted by Gasteiger charge is 2.15. The molecule has 0 saturated carbocycles. The lowest BCUT2D eigenvalue weighted by Crippen LogP contribution is -2.28. The summed E-state index contributed by atoms with van der Waals surface area (Å²) in [5.74, 6) is 7.17. The van der Waals surface area contributed by atoms with Crippen LogP contribution in [0.5, 0.6) is 5.75 Å². The van der Waals surface area contributed by atoms with Crippen LogP contribution in [0.25, 0.3) is 16.6 Å². The van der Waals surface area contributed by atoms with E-state index >= 15 is 0 Å². The van der Waals surface area contributed by atoms with Crippen LogP contribution in [0.1, 0.15) is 24.1 Å². The van der Waals surface area contributed by atoms with Gasteiger partial charge in [-0.1, -0.05) is 18.1 Å². The summed E-state index contributed by atoms with van der Waals surface area (Å²) < 4.78 is 7.86. The first-order valence-corrected chi connectivity index (χ1v) is 10.6. The molecular weight excluding hydrogens is 380 g/mol. The summed E-state index contributed by atoms with van der Waals surface area (Å²) in [6.07, 6.45) is 5.92. The number of fused-ring (bicyclic) bond motifs is 1. The molecule has 4 heterocycles. The fourth-order valence-electron chi connectivity index (χ4n) is 3.52. The van der Waals surface area contributed by atoms with E-state index in [2.05, 4.69) is 28.2 Å². The number of pyridine rings is 1. The molecule has 6 heteroatoms. The van der Waals surface area contributed by atoms with Crippen molar-refractivity contribution in [2.24, 2.45) is 0 Å². The van der Waals surface area contributed by atoms with Crippen LogP contribution in [0.15, 0.2) is 59.6 Å². The Labute approximate surface area is 173 Å². The third-order valence-electron chi connectivity index (χ3n) is 4.99. The van der Waals surface area contributed by atoms with Gasteiger partial charge < -0.3 is 10.1 Å². The molecule has 0 aliphatic carbocycles. The molecule has 0 radical (unpaired) electrons. The molecule has 1 saturated heterocycles. The summed E-state index contributed by atoms with van der Waals surface area (Å²) in [6, 6.07) is 12.5. The first kappa shape index (κ1) is 17.9. The normalized spacial score (nSPS) is 15.9. The zero-order chi connectivity index (χ0) is 19.5. The maximum atomic E-state index is 5.97. The van der Waals surface area contributed by atoms with Gasteiger partial charge in [-0.25, -0.2) is 4.68 Å². The molecule has 5 rings (SSSR count). The van der Waals surface area contributed by atoms with Crippen molar-refractivity contribution < 1.29 is 4.74 Å². The van der Waals surface area contributed by atoms with E-state index in [0.717, 1.165) is 46.6 Å². The summed E-state index contributed by atoms with van der Waals surface area (Å²) in [6.45, 7) is 1.73. The Morgan fingerprint density at radius 2 is 2.17 bits per heavy atom. The smallest absolute Gasteiger partial charge is 0.143 e. The van der Waals surface area contributed by atoms with E-state index < -0.39 is 0 Å². The van der Waals surface area contributed by atoms with E-state index in [-0.39, 0.29) is 0 Å². The highest BCUT2D eigenvalue weighted by atomic mass is 32.1. The van der Waals surface area contributed by atoms with Crippen molar-refractivity contribution in [1.82, 2.24) is 20.1 Å². The van der Waals surface area contributed by atoms with E-state index in [0.29, 0.717) is 12.6 Å². The Kier molecular flexibility index (Phi) is 4.99. The molecule has 0 amide bonds. The van der Waals surface area contributed by atoms with Crippen molar-refractivity contribution in [1.29, 1.82) is 0 Å². The highest BCUT2D eigenvalue weighted by Crippen LogP contribution is 2.23. The molecule has 144 valence electrons. The number of thiophene rings is 1. The first-order chi connectivity index (χ1) is 14.4. The summed E-state index contributed by atoms with van der Waals surface area (Å²) in [5, 5.41) is 13.3. The zero-order valence-electron chi connectivity index (χ0n) is 15.8. The number of benzene rings is 1. The van der Waals surface area contributed by atoms with Gasteiger partial charge in [0.25, 0.3) is 0 Å². The molecule has 29 heavy (non-hydrogen) atoms. The second kappa shape index (κ2) is 8.08. The average Bonchev–Trinajstić information content (AvgIpc) is 3.52. The summed E-state index contributed by atoms with van der Waals surface area (Å²) >= 11 is 1.64. The van der Waals surface area contributed by atoms with Crippen LogP contribution in [-0.2, 0) is 0 Å². The molecule has 1 unspecified atom stereocenters. The third-order valence-corrected chi connectivity index (χ3v) is 5.67. The molecule has 1 N–H and O–H groups in total.